The number of hydrogen-bond donors (Lipinski definition) is 1. The van der Waals surface area contributed by atoms with Gasteiger partial charge in [0.1, 0.15) is 16.1 Å². The van der Waals surface area contributed by atoms with E-state index in [-0.39, 0.29) is 23.0 Å². The molecule has 0 unspecified atom stereocenters. The highest BCUT2D eigenvalue weighted by molar-refractivity contribution is 7.91. The largest absolute Gasteiger partial charge is 0.447 e. The monoisotopic (exact) mass is 256 g/mol. The molecular formula is C11H16N2O3S. The van der Waals surface area contributed by atoms with E-state index in [0.29, 0.717) is 18.7 Å². The Morgan fingerprint density at radius 3 is 2.59 bits per heavy atom. The fraction of sp³-hybridized carbons (Fsp3) is 0.727. The molecule has 1 aliphatic heterocycles. The summed E-state index contributed by atoms with van der Waals surface area (Å²) in [5.41, 5.74) is 6.52. The summed E-state index contributed by atoms with van der Waals surface area (Å²) in [6.07, 6.45) is 4.78. The molecule has 2 fully saturated rings. The summed E-state index contributed by atoms with van der Waals surface area (Å²) in [6.45, 7) is 0. The number of aromatic nitrogens is 1. The topological polar surface area (TPSA) is 86.2 Å². The quantitative estimate of drug-likeness (QED) is 0.850. The van der Waals surface area contributed by atoms with Crippen LogP contribution < -0.4 is 5.73 Å². The van der Waals surface area contributed by atoms with Gasteiger partial charge in [-0.1, -0.05) is 0 Å². The molecule has 17 heavy (non-hydrogen) atoms. The Bertz CT molecular complexity index is 517. The number of hydrogen-bond acceptors (Lipinski definition) is 5. The fourth-order valence-corrected chi connectivity index (χ4v) is 3.73. The maximum Gasteiger partial charge on any atom is 0.214 e. The van der Waals surface area contributed by atoms with Gasteiger partial charge in [-0.25, -0.2) is 13.4 Å². The summed E-state index contributed by atoms with van der Waals surface area (Å²) in [5, 5.41) is 0. The van der Waals surface area contributed by atoms with E-state index in [0.717, 1.165) is 18.5 Å². The third-order valence-electron chi connectivity index (χ3n) is 3.71. The number of rotatable bonds is 2. The first-order valence-corrected chi connectivity index (χ1v) is 7.76. The van der Waals surface area contributed by atoms with Gasteiger partial charge in [0.05, 0.1) is 22.7 Å². The van der Waals surface area contributed by atoms with Crippen molar-refractivity contribution in [3.63, 3.8) is 0 Å². The van der Waals surface area contributed by atoms with Crippen molar-refractivity contribution in [2.75, 3.05) is 11.5 Å². The highest BCUT2D eigenvalue weighted by Crippen LogP contribution is 2.42. The molecule has 1 aromatic rings. The maximum atomic E-state index is 11.3. The van der Waals surface area contributed by atoms with Crippen molar-refractivity contribution in [2.45, 2.75) is 37.1 Å². The minimum atomic E-state index is -2.82. The molecule has 0 atom stereocenters. The lowest BCUT2D eigenvalue weighted by molar-refractivity contribution is 0.440. The van der Waals surface area contributed by atoms with E-state index in [4.69, 9.17) is 10.2 Å². The molecule has 0 bridgehead atoms. The summed E-state index contributed by atoms with van der Waals surface area (Å²) in [5.74, 6) is 1.33. The second-order valence-corrected chi connectivity index (χ2v) is 7.46. The smallest absolute Gasteiger partial charge is 0.214 e. The van der Waals surface area contributed by atoms with E-state index in [9.17, 15) is 8.42 Å². The van der Waals surface area contributed by atoms with Gasteiger partial charge in [-0.15, -0.1) is 0 Å². The van der Waals surface area contributed by atoms with Gasteiger partial charge in [-0.05, 0) is 25.7 Å². The van der Waals surface area contributed by atoms with E-state index in [2.05, 4.69) is 4.98 Å². The SMILES string of the molecule is NC1(c2nc(C3CCS(=O)(=O)CC3)co2)CC1. The van der Waals surface area contributed by atoms with E-state index in [1.807, 2.05) is 0 Å². The summed E-state index contributed by atoms with van der Waals surface area (Å²) in [6, 6.07) is 0. The van der Waals surface area contributed by atoms with E-state index in [1.54, 1.807) is 6.26 Å². The van der Waals surface area contributed by atoms with Crippen LogP contribution in [0, 0.1) is 0 Å². The van der Waals surface area contributed by atoms with Gasteiger partial charge in [0.15, 0.2) is 0 Å². The van der Waals surface area contributed by atoms with Crippen LogP contribution in [-0.4, -0.2) is 24.9 Å². The number of oxazole rings is 1. The molecule has 1 saturated heterocycles. The summed E-state index contributed by atoms with van der Waals surface area (Å²) in [4.78, 5) is 4.43. The Kier molecular flexibility index (Phi) is 2.35. The zero-order valence-electron chi connectivity index (χ0n) is 9.55. The second-order valence-electron chi connectivity index (χ2n) is 5.16. The van der Waals surface area contributed by atoms with Gasteiger partial charge in [-0.3, -0.25) is 0 Å². The van der Waals surface area contributed by atoms with E-state index >= 15 is 0 Å². The zero-order valence-corrected chi connectivity index (χ0v) is 10.4. The van der Waals surface area contributed by atoms with Crippen LogP contribution in [0.5, 0.6) is 0 Å². The Morgan fingerprint density at radius 2 is 2.00 bits per heavy atom. The molecule has 5 nitrogen and oxygen atoms in total. The van der Waals surface area contributed by atoms with Crippen molar-refractivity contribution in [2.24, 2.45) is 5.73 Å². The van der Waals surface area contributed by atoms with Crippen LogP contribution in [0.2, 0.25) is 0 Å². The molecular weight excluding hydrogens is 240 g/mol. The Morgan fingerprint density at radius 1 is 1.35 bits per heavy atom. The highest BCUT2D eigenvalue weighted by atomic mass is 32.2. The lowest BCUT2D eigenvalue weighted by Gasteiger charge is -2.19. The standard InChI is InChI=1S/C11H16N2O3S/c12-11(3-4-11)10-13-9(7-16-10)8-1-5-17(14,15)6-2-8/h7-8H,1-6,12H2. The minimum absolute atomic E-state index is 0.207. The van der Waals surface area contributed by atoms with Crippen LogP contribution >= 0.6 is 0 Å². The predicted octanol–water partition coefficient (Wildman–Crippen LogP) is 0.915. The number of nitrogens with two attached hydrogens (primary N) is 1. The number of sulfone groups is 1. The summed E-state index contributed by atoms with van der Waals surface area (Å²) < 4.78 is 28.1. The lowest BCUT2D eigenvalue weighted by Crippen LogP contribution is -2.23. The van der Waals surface area contributed by atoms with Crippen LogP contribution in [0.3, 0.4) is 0 Å². The first-order valence-electron chi connectivity index (χ1n) is 5.94. The molecule has 3 rings (SSSR count). The minimum Gasteiger partial charge on any atom is -0.447 e. The maximum absolute atomic E-state index is 11.3. The van der Waals surface area contributed by atoms with E-state index in [1.165, 1.54) is 0 Å². The molecule has 94 valence electrons. The lowest BCUT2D eigenvalue weighted by atomic mass is 10.00. The molecule has 0 spiro atoms. The fourth-order valence-electron chi connectivity index (χ4n) is 2.24. The third kappa shape index (κ3) is 2.11. The Labute approximate surface area is 100 Å². The molecule has 1 aromatic heterocycles. The molecule has 6 heteroatoms. The van der Waals surface area contributed by atoms with Gasteiger partial charge in [-0.2, -0.15) is 0 Å². The van der Waals surface area contributed by atoms with Gasteiger partial charge < -0.3 is 10.2 Å². The molecule has 2 N–H and O–H groups in total. The molecule has 1 aliphatic carbocycles. The van der Waals surface area contributed by atoms with Gasteiger partial charge in [0, 0.05) is 5.92 Å². The Hall–Kier alpha value is -0.880. The van der Waals surface area contributed by atoms with Crippen LogP contribution in [0.25, 0.3) is 0 Å². The van der Waals surface area contributed by atoms with Crippen molar-refractivity contribution < 1.29 is 12.8 Å². The van der Waals surface area contributed by atoms with Crippen molar-refractivity contribution >= 4 is 9.84 Å². The van der Waals surface area contributed by atoms with Gasteiger partial charge in [0.2, 0.25) is 5.89 Å². The average Bonchev–Trinajstić information content (AvgIpc) is 2.84. The van der Waals surface area contributed by atoms with Crippen LogP contribution in [0.1, 0.15) is 43.2 Å². The van der Waals surface area contributed by atoms with E-state index < -0.39 is 9.84 Å². The Balaban J connectivity index is 1.75. The summed E-state index contributed by atoms with van der Waals surface area (Å²) in [7, 11) is -2.82. The molecule has 0 radical (unpaired) electrons. The molecule has 2 heterocycles. The average molecular weight is 256 g/mol. The first-order chi connectivity index (χ1) is 7.99. The molecule has 1 saturated carbocycles. The molecule has 2 aliphatic rings. The van der Waals surface area contributed by atoms with Crippen LogP contribution in [-0.2, 0) is 15.4 Å². The van der Waals surface area contributed by atoms with Gasteiger partial charge in [0.25, 0.3) is 0 Å². The second kappa shape index (κ2) is 3.55. The predicted molar refractivity (Wildman–Crippen MR) is 62.2 cm³/mol. The first kappa shape index (κ1) is 11.2. The van der Waals surface area contributed by atoms with Gasteiger partial charge >= 0.3 is 0 Å². The molecule has 0 aromatic carbocycles. The zero-order chi connectivity index (χ0) is 12.1. The summed E-state index contributed by atoms with van der Waals surface area (Å²) >= 11 is 0. The van der Waals surface area contributed by atoms with Crippen LogP contribution in [0.15, 0.2) is 10.7 Å². The highest BCUT2D eigenvalue weighted by Gasteiger charge is 2.45. The van der Waals surface area contributed by atoms with Crippen LogP contribution in [0.4, 0.5) is 0 Å². The normalized spacial score (nSPS) is 26.9. The van der Waals surface area contributed by atoms with Crippen molar-refractivity contribution in [1.82, 2.24) is 4.98 Å². The number of nitrogens with zero attached hydrogens (tertiary/aromatic N) is 1. The third-order valence-corrected chi connectivity index (χ3v) is 5.42. The molecule has 0 amide bonds. The van der Waals surface area contributed by atoms with Crippen molar-refractivity contribution in [3.05, 3.63) is 17.8 Å². The van der Waals surface area contributed by atoms with Crippen molar-refractivity contribution in [1.29, 1.82) is 0 Å². The van der Waals surface area contributed by atoms with Crippen molar-refractivity contribution in [3.8, 4) is 0 Å².